The van der Waals surface area contributed by atoms with Crippen molar-refractivity contribution in [1.82, 2.24) is 10.6 Å². The Morgan fingerprint density at radius 2 is 1.94 bits per heavy atom. The minimum absolute atomic E-state index is 0.0344. The lowest BCUT2D eigenvalue weighted by atomic mass is 10.2. The Labute approximate surface area is 101 Å². The fourth-order valence-electron chi connectivity index (χ4n) is 1.16. The molecular weight excluding hydrogens is 224 g/mol. The van der Waals surface area contributed by atoms with Gasteiger partial charge in [-0.3, -0.25) is 9.00 Å². The summed E-state index contributed by atoms with van der Waals surface area (Å²) in [6, 6.07) is -0.177. The highest BCUT2D eigenvalue weighted by Crippen LogP contribution is 1.97. The van der Waals surface area contributed by atoms with Crippen molar-refractivity contribution in [1.29, 1.82) is 0 Å². The lowest BCUT2D eigenvalue weighted by Gasteiger charge is -2.15. The van der Waals surface area contributed by atoms with E-state index >= 15 is 0 Å². The Balaban J connectivity index is 3.68. The van der Waals surface area contributed by atoms with E-state index in [2.05, 4.69) is 10.6 Å². The first-order chi connectivity index (χ1) is 7.49. The molecule has 0 aliphatic carbocycles. The second-order valence-electron chi connectivity index (χ2n) is 4.06. The number of carbonyl (C=O) groups excluding carboxylic acids is 1. The third kappa shape index (κ3) is 6.95. The van der Waals surface area contributed by atoms with Crippen LogP contribution in [0.2, 0.25) is 0 Å². The van der Waals surface area contributed by atoms with Gasteiger partial charge in [-0.05, 0) is 26.3 Å². The second kappa shape index (κ2) is 8.70. The summed E-state index contributed by atoms with van der Waals surface area (Å²) in [5.41, 5.74) is 0. The largest absolute Gasteiger partial charge is 0.355 e. The average Bonchev–Trinajstić information content (AvgIpc) is 2.25. The highest BCUT2D eigenvalue weighted by atomic mass is 32.2. The maximum absolute atomic E-state index is 11.5. The molecule has 0 spiro atoms. The molecule has 0 rings (SSSR count). The van der Waals surface area contributed by atoms with Gasteiger partial charge in [-0.25, -0.2) is 0 Å². The molecule has 1 amide bonds. The number of carbonyl (C=O) groups is 1. The SMILES string of the molecule is CCCNC(=O)C(C)NCCC(C)S(C)=O. The van der Waals surface area contributed by atoms with Crippen LogP contribution in [0.15, 0.2) is 0 Å². The lowest BCUT2D eigenvalue weighted by Crippen LogP contribution is -2.43. The van der Waals surface area contributed by atoms with Crippen LogP contribution < -0.4 is 10.6 Å². The Morgan fingerprint density at radius 3 is 2.44 bits per heavy atom. The van der Waals surface area contributed by atoms with Gasteiger partial charge in [-0.2, -0.15) is 0 Å². The van der Waals surface area contributed by atoms with Crippen LogP contribution in [0, 0.1) is 0 Å². The third-order valence-corrected chi connectivity index (χ3v) is 3.88. The molecule has 0 aromatic carbocycles. The quantitative estimate of drug-likeness (QED) is 0.663. The molecular formula is C11H24N2O2S. The number of rotatable bonds is 8. The Bertz CT molecular complexity index is 234. The zero-order chi connectivity index (χ0) is 12.6. The van der Waals surface area contributed by atoms with E-state index < -0.39 is 10.8 Å². The average molecular weight is 248 g/mol. The highest BCUT2D eigenvalue weighted by Gasteiger charge is 2.12. The highest BCUT2D eigenvalue weighted by molar-refractivity contribution is 7.84. The van der Waals surface area contributed by atoms with Crippen LogP contribution in [-0.4, -0.2) is 40.8 Å². The Hall–Kier alpha value is -0.420. The van der Waals surface area contributed by atoms with Gasteiger partial charge in [0.25, 0.3) is 0 Å². The van der Waals surface area contributed by atoms with Crippen LogP contribution >= 0.6 is 0 Å². The summed E-state index contributed by atoms with van der Waals surface area (Å²) in [5, 5.41) is 6.14. The zero-order valence-electron chi connectivity index (χ0n) is 10.7. The van der Waals surface area contributed by atoms with Crippen molar-refractivity contribution in [2.75, 3.05) is 19.3 Å². The van der Waals surface area contributed by atoms with Crippen molar-refractivity contribution < 1.29 is 9.00 Å². The Kier molecular flexibility index (Phi) is 8.47. The molecule has 5 heteroatoms. The van der Waals surface area contributed by atoms with E-state index in [1.165, 1.54) is 0 Å². The van der Waals surface area contributed by atoms with E-state index in [4.69, 9.17) is 0 Å². The molecule has 0 aromatic heterocycles. The lowest BCUT2D eigenvalue weighted by molar-refractivity contribution is -0.122. The minimum Gasteiger partial charge on any atom is -0.355 e. The number of hydrogen-bond acceptors (Lipinski definition) is 3. The van der Waals surface area contributed by atoms with Crippen molar-refractivity contribution in [2.45, 2.75) is 44.9 Å². The molecule has 0 aliphatic rings. The molecule has 4 nitrogen and oxygen atoms in total. The summed E-state index contributed by atoms with van der Waals surface area (Å²) in [6.45, 7) is 7.27. The van der Waals surface area contributed by atoms with Crippen LogP contribution in [0.25, 0.3) is 0 Å². The molecule has 16 heavy (non-hydrogen) atoms. The second-order valence-corrected chi connectivity index (χ2v) is 5.87. The summed E-state index contributed by atoms with van der Waals surface area (Å²) in [7, 11) is -0.781. The van der Waals surface area contributed by atoms with Crippen molar-refractivity contribution in [3.63, 3.8) is 0 Å². The van der Waals surface area contributed by atoms with Gasteiger partial charge in [0.2, 0.25) is 5.91 Å². The predicted molar refractivity (Wildman–Crippen MR) is 68.9 cm³/mol. The van der Waals surface area contributed by atoms with Crippen LogP contribution in [0.3, 0.4) is 0 Å². The number of hydrogen-bond donors (Lipinski definition) is 2. The van der Waals surface area contributed by atoms with E-state index in [0.29, 0.717) is 0 Å². The first kappa shape index (κ1) is 15.6. The standard InChI is InChI=1S/C11H24N2O2S/c1-5-7-13-11(14)10(3)12-8-6-9(2)16(4)15/h9-10,12H,5-8H2,1-4H3,(H,13,14). The fraction of sp³-hybridized carbons (Fsp3) is 0.909. The molecule has 3 unspecified atom stereocenters. The molecule has 0 aliphatic heterocycles. The van der Waals surface area contributed by atoms with Crippen LogP contribution in [0.1, 0.15) is 33.6 Å². The molecule has 0 radical (unpaired) electrons. The molecule has 0 bridgehead atoms. The first-order valence-electron chi connectivity index (χ1n) is 5.82. The number of nitrogens with one attached hydrogen (secondary N) is 2. The molecule has 3 atom stereocenters. The van der Waals surface area contributed by atoms with E-state index in [9.17, 15) is 9.00 Å². The van der Waals surface area contributed by atoms with Gasteiger partial charge >= 0.3 is 0 Å². The molecule has 0 saturated heterocycles. The predicted octanol–water partition coefficient (Wildman–Crippen LogP) is 0.648. The first-order valence-corrected chi connectivity index (χ1v) is 7.44. The molecule has 96 valence electrons. The summed E-state index contributed by atoms with van der Waals surface area (Å²) >= 11 is 0. The van der Waals surface area contributed by atoms with E-state index in [1.54, 1.807) is 6.26 Å². The fourth-order valence-corrected chi connectivity index (χ4v) is 1.61. The van der Waals surface area contributed by atoms with Crippen LogP contribution in [-0.2, 0) is 15.6 Å². The summed E-state index contributed by atoms with van der Waals surface area (Å²) in [4.78, 5) is 11.5. The summed E-state index contributed by atoms with van der Waals surface area (Å²) in [6.07, 6.45) is 3.49. The van der Waals surface area contributed by atoms with Gasteiger partial charge in [0.05, 0.1) is 6.04 Å². The number of amides is 1. The van der Waals surface area contributed by atoms with Gasteiger partial charge in [0.1, 0.15) is 0 Å². The van der Waals surface area contributed by atoms with Gasteiger partial charge in [0, 0.05) is 28.9 Å². The van der Waals surface area contributed by atoms with Crippen LogP contribution in [0.4, 0.5) is 0 Å². The van der Waals surface area contributed by atoms with E-state index in [1.807, 2.05) is 20.8 Å². The van der Waals surface area contributed by atoms with E-state index in [-0.39, 0.29) is 17.2 Å². The maximum atomic E-state index is 11.5. The smallest absolute Gasteiger partial charge is 0.236 e. The molecule has 2 N–H and O–H groups in total. The molecule has 0 fully saturated rings. The van der Waals surface area contributed by atoms with Crippen molar-refractivity contribution >= 4 is 16.7 Å². The van der Waals surface area contributed by atoms with Gasteiger partial charge in [-0.15, -0.1) is 0 Å². The van der Waals surface area contributed by atoms with Crippen molar-refractivity contribution in [3.8, 4) is 0 Å². The molecule has 0 saturated carbocycles. The summed E-state index contributed by atoms with van der Waals surface area (Å²) in [5.74, 6) is 0.0344. The normalized spacial score (nSPS) is 16.5. The molecule has 0 aromatic rings. The van der Waals surface area contributed by atoms with Gasteiger partial charge in [-0.1, -0.05) is 13.8 Å². The monoisotopic (exact) mass is 248 g/mol. The topological polar surface area (TPSA) is 58.2 Å². The van der Waals surface area contributed by atoms with Crippen LogP contribution in [0.5, 0.6) is 0 Å². The molecule has 0 heterocycles. The van der Waals surface area contributed by atoms with Crippen molar-refractivity contribution in [2.24, 2.45) is 0 Å². The third-order valence-electron chi connectivity index (χ3n) is 2.51. The Morgan fingerprint density at radius 1 is 1.31 bits per heavy atom. The van der Waals surface area contributed by atoms with Gasteiger partial charge < -0.3 is 10.6 Å². The van der Waals surface area contributed by atoms with E-state index in [0.717, 1.165) is 25.9 Å². The zero-order valence-corrected chi connectivity index (χ0v) is 11.5. The maximum Gasteiger partial charge on any atom is 0.236 e. The minimum atomic E-state index is -0.781. The summed E-state index contributed by atoms with van der Waals surface area (Å²) < 4.78 is 11.1. The van der Waals surface area contributed by atoms with Crippen molar-refractivity contribution in [3.05, 3.63) is 0 Å². The van der Waals surface area contributed by atoms with Gasteiger partial charge in [0.15, 0.2) is 0 Å².